The van der Waals surface area contributed by atoms with Crippen molar-refractivity contribution in [2.75, 3.05) is 5.32 Å². The van der Waals surface area contributed by atoms with E-state index in [0.717, 1.165) is 28.1 Å². The lowest BCUT2D eigenvalue weighted by molar-refractivity contribution is 0.660. The zero-order chi connectivity index (χ0) is 11.5. The van der Waals surface area contributed by atoms with Crippen LogP contribution in [0.5, 0.6) is 0 Å². The van der Waals surface area contributed by atoms with E-state index in [-0.39, 0.29) is 0 Å². The third-order valence-corrected chi connectivity index (χ3v) is 3.30. The largest absolute Gasteiger partial charge is 0.337 e. The number of hydrogen-bond acceptors (Lipinski definition) is 3. The minimum absolute atomic E-state index is 0.815. The summed E-state index contributed by atoms with van der Waals surface area (Å²) >= 11 is 3.51. The van der Waals surface area contributed by atoms with E-state index in [1.165, 1.54) is 0 Å². The quantitative estimate of drug-likeness (QED) is 0.940. The first-order valence-corrected chi connectivity index (χ1v) is 5.90. The normalized spacial score (nSPS) is 10.4. The van der Waals surface area contributed by atoms with Crippen LogP contribution >= 0.6 is 15.9 Å². The van der Waals surface area contributed by atoms with Crippen LogP contribution in [0, 0.1) is 6.92 Å². The fraction of sp³-hybridized carbons (Fsp3) is 0.273. The Labute approximate surface area is 103 Å². The van der Waals surface area contributed by atoms with Crippen molar-refractivity contribution in [1.29, 1.82) is 0 Å². The van der Waals surface area contributed by atoms with Crippen LogP contribution in [-0.4, -0.2) is 14.8 Å². The Bertz CT molecular complexity index is 492. The first kappa shape index (κ1) is 11.1. The maximum Gasteiger partial charge on any atom is 0.145 e. The van der Waals surface area contributed by atoms with Crippen molar-refractivity contribution in [2.24, 2.45) is 0 Å². The second-order valence-electron chi connectivity index (χ2n) is 3.50. The van der Waals surface area contributed by atoms with Gasteiger partial charge in [-0.15, -0.1) is 0 Å². The van der Waals surface area contributed by atoms with E-state index < -0.39 is 0 Å². The standard InChI is InChI=1S/C11H13BrN4/c1-3-16-7-9(6-14-16)15-11-10(12)8(2)4-5-13-11/h4-7H,3H2,1-2H3,(H,13,15). The van der Waals surface area contributed by atoms with Crippen LogP contribution in [0.1, 0.15) is 12.5 Å². The summed E-state index contributed by atoms with van der Waals surface area (Å²) in [6, 6.07) is 1.96. The molecular formula is C11H13BrN4. The van der Waals surface area contributed by atoms with Crippen LogP contribution in [-0.2, 0) is 6.54 Å². The molecule has 1 N–H and O–H groups in total. The van der Waals surface area contributed by atoms with Gasteiger partial charge in [0.2, 0.25) is 0 Å². The zero-order valence-electron chi connectivity index (χ0n) is 9.24. The van der Waals surface area contributed by atoms with Crippen LogP contribution in [0.15, 0.2) is 29.1 Å². The predicted octanol–water partition coefficient (Wildman–Crippen LogP) is 3.11. The highest BCUT2D eigenvalue weighted by Gasteiger charge is 2.05. The molecule has 0 fully saturated rings. The SMILES string of the molecule is CCn1cc(Nc2nccc(C)c2Br)cn1. The van der Waals surface area contributed by atoms with Crippen molar-refractivity contribution < 1.29 is 0 Å². The van der Waals surface area contributed by atoms with Gasteiger partial charge in [0.1, 0.15) is 5.82 Å². The Hall–Kier alpha value is -1.36. The van der Waals surface area contributed by atoms with E-state index in [1.54, 1.807) is 12.4 Å². The highest BCUT2D eigenvalue weighted by atomic mass is 79.9. The predicted molar refractivity (Wildman–Crippen MR) is 67.9 cm³/mol. The summed E-state index contributed by atoms with van der Waals surface area (Å²) in [7, 11) is 0. The molecular weight excluding hydrogens is 268 g/mol. The van der Waals surface area contributed by atoms with E-state index in [9.17, 15) is 0 Å². The highest BCUT2D eigenvalue weighted by Crippen LogP contribution is 2.25. The number of aryl methyl sites for hydroxylation is 2. The molecule has 0 atom stereocenters. The smallest absolute Gasteiger partial charge is 0.145 e. The average molecular weight is 281 g/mol. The Kier molecular flexibility index (Phi) is 3.24. The molecule has 0 bridgehead atoms. The fourth-order valence-electron chi connectivity index (χ4n) is 1.37. The minimum Gasteiger partial charge on any atom is -0.337 e. The van der Waals surface area contributed by atoms with Crippen molar-refractivity contribution in [2.45, 2.75) is 20.4 Å². The van der Waals surface area contributed by atoms with E-state index in [0.29, 0.717) is 0 Å². The van der Waals surface area contributed by atoms with Gasteiger partial charge in [-0.3, -0.25) is 4.68 Å². The summed E-state index contributed by atoms with van der Waals surface area (Å²) in [6.07, 6.45) is 5.53. The first-order valence-electron chi connectivity index (χ1n) is 5.11. The lowest BCUT2D eigenvalue weighted by atomic mass is 10.3. The zero-order valence-corrected chi connectivity index (χ0v) is 10.8. The molecule has 0 aliphatic heterocycles. The number of hydrogen-bond donors (Lipinski definition) is 1. The molecule has 2 aromatic rings. The number of aromatic nitrogens is 3. The Balaban J connectivity index is 2.23. The molecule has 0 unspecified atom stereocenters. The molecule has 2 rings (SSSR count). The second kappa shape index (κ2) is 4.65. The number of anilines is 2. The molecule has 0 saturated carbocycles. The van der Waals surface area contributed by atoms with Gasteiger partial charge in [-0.2, -0.15) is 5.10 Å². The van der Waals surface area contributed by atoms with Gasteiger partial charge in [-0.05, 0) is 41.4 Å². The van der Waals surface area contributed by atoms with E-state index >= 15 is 0 Å². The van der Waals surface area contributed by atoms with Crippen molar-refractivity contribution >= 4 is 27.4 Å². The third kappa shape index (κ3) is 2.24. The van der Waals surface area contributed by atoms with Gasteiger partial charge in [0.05, 0.1) is 16.4 Å². The van der Waals surface area contributed by atoms with Crippen molar-refractivity contribution in [1.82, 2.24) is 14.8 Å². The van der Waals surface area contributed by atoms with Crippen LogP contribution in [0.2, 0.25) is 0 Å². The molecule has 2 aromatic heterocycles. The van der Waals surface area contributed by atoms with E-state index in [2.05, 4.69) is 38.3 Å². The summed E-state index contributed by atoms with van der Waals surface area (Å²) in [5.41, 5.74) is 2.10. The molecule has 5 heteroatoms. The van der Waals surface area contributed by atoms with Crippen LogP contribution in [0.25, 0.3) is 0 Å². The average Bonchev–Trinajstić information content (AvgIpc) is 2.73. The van der Waals surface area contributed by atoms with Crippen molar-refractivity contribution in [3.63, 3.8) is 0 Å². The van der Waals surface area contributed by atoms with Gasteiger partial charge in [0.25, 0.3) is 0 Å². The topological polar surface area (TPSA) is 42.7 Å². The third-order valence-electron chi connectivity index (χ3n) is 2.30. The van der Waals surface area contributed by atoms with Crippen molar-refractivity contribution in [3.8, 4) is 0 Å². The maximum atomic E-state index is 4.27. The van der Waals surface area contributed by atoms with Gasteiger partial charge in [0.15, 0.2) is 0 Å². The lowest BCUT2D eigenvalue weighted by Gasteiger charge is -2.06. The molecule has 0 aliphatic rings. The molecule has 0 saturated heterocycles. The van der Waals surface area contributed by atoms with E-state index in [1.807, 2.05) is 23.9 Å². The second-order valence-corrected chi connectivity index (χ2v) is 4.29. The van der Waals surface area contributed by atoms with Crippen LogP contribution in [0.3, 0.4) is 0 Å². The maximum absolute atomic E-state index is 4.27. The highest BCUT2D eigenvalue weighted by molar-refractivity contribution is 9.10. The number of rotatable bonds is 3. The van der Waals surface area contributed by atoms with Gasteiger partial charge in [0, 0.05) is 18.9 Å². The van der Waals surface area contributed by atoms with Crippen molar-refractivity contribution in [3.05, 3.63) is 34.7 Å². The van der Waals surface area contributed by atoms with Gasteiger partial charge in [-0.1, -0.05) is 0 Å². The number of nitrogens with zero attached hydrogens (tertiary/aromatic N) is 3. The van der Waals surface area contributed by atoms with Gasteiger partial charge < -0.3 is 5.32 Å². The Morgan fingerprint density at radius 1 is 1.50 bits per heavy atom. The number of pyridine rings is 1. The number of nitrogens with one attached hydrogen (secondary N) is 1. The summed E-state index contributed by atoms with van der Waals surface area (Å²) < 4.78 is 2.85. The molecule has 0 spiro atoms. The summed E-state index contributed by atoms with van der Waals surface area (Å²) in [6.45, 7) is 4.95. The minimum atomic E-state index is 0.815. The Morgan fingerprint density at radius 3 is 3.00 bits per heavy atom. The molecule has 2 heterocycles. The first-order chi connectivity index (χ1) is 7.70. The summed E-state index contributed by atoms with van der Waals surface area (Å²) in [4.78, 5) is 4.27. The molecule has 84 valence electrons. The Morgan fingerprint density at radius 2 is 2.31 bits per heavy atom. The van der Waals surface area contributed by atoms with E-state index in [4.69, 9.17) is 0 Å². The molecule has 16 heavy (non-hydrogen) atoms. The molecule has 0 aromatic carbocycles. The number of halogens is 1. The van der Waals surface area contributed by atoms with Crippen LogP contribution in [0.4, 0.5) is 11.5 Å². The van der Waals surface area contributed by atoms with Gasteiger partial charge in [-0.25, -0.2) is 4.98 Å². The molecule has 0 amide bonds. The fourth-order valence-corrected chi connectivity index (χ4v) is 1.70. The summed E-state index contributed by atoms with van der Waals surface area (Å²) in [5.74, 6) is 0.815. The molecule has 0 radical (unpaired) electrons. The molecule has 4 nitrogen and oxygen atoms in total. The monoisotopic (exact) mass is 280 g/mol. The molecule has 0 aliphatic carbocycles. The lowest BCUT2D eigenvalue weighted by Crippen LogP contribution is -1.95. The van der Waals surface area contributed by atoms with Gasteiger partial charge >= 0.3 is 0 Å². The van der Waals surface area contributed by atoms with Crippen LogP contribution < -0.4 is 5.32 Å². The summed E-state index contributed by atoms with van der Waals surface area (Å²) in [5, 5.41) is 7.42.